The topological polar surface area (TPSA) is 133 Å². The van der Waals surface area contributed by atoms with Crippen molar-refractivity contribution in [3.05, 3.63) is 65.4 Å². The number of nitrogens with one attached hydrogen (secondary N) is 1. The first-order valence-electron chi connectivity index (χ1n) is 16.0. The van der Waals surface area contributed by atoms with Gasteiger partial charge in [0.15, 0.2) is 9.84 Å². The van der Waals surface area contributed by atoms with Gasteiger partial charge in [-0.05, 0) is 73.6 Å². The van der Waals surface area contributed by atoms with Gasteiger partial charge in [-0.1, -0.05) is 13.8 Å². The molecule has 1 unspecified atom stereocenters. The Labute approximate surface area is 277 Å². The van der Waals surface area contributed by atoms with Crippen LogP contribution in [-0.2, 0) is 21.0 Å². The molecule has 1 fully saturated rings. The van der Waals surface area contributed by atoms with Crippen LogP contribution in [0.1, 0.15) is 74.8 Å². The summed E-state index contributed by atoms with van der Waals surface area (Å²) in [6.07, 6.45) is 8.01. The van der Waals surface area contributed by atoms with Gasteiger partial charge in [0.25, 0.3) is 0 Å². The zero-order valence-electron chi connectivity index (χ0n) is 26.8. The normalized spacial score (nSPS) is 18.6. The Hall–Kier alpha value is -3.81. The molecule has 0 spiro atoms. The molecule has 0 radical (unpaired) electrons. The van der Waals surface area contributed by atoms with Crippen molar-refractivity contribution in [1.82, 2.24) is 25.1 Å². The van der Waals surface area contributed by atoms with Gasteiger partial charge in [0.05, 0.1) is 44.5 Å². The van der Waals surface area contributed by atoms with Gasteiger partial charge in [-0.2, -0.15) is 0 Å². The SMILES string of the molecule is Cc1nnc(-c2c(CCC3CCOCC3)nc3c(c2-c2cc4ccnc(N[C@H](C)c5cncc(F)c5)c4s2)S(=O)(=O)CC3C(C)C)o1. The Morgan fingerprint density at radius 3 is 2.64 bits per heavy atom. The Balaban J connectivity index is 1.42. The summed E-state index contributed by atoms with van der Waals surface area (Å²) >= 11 is 1.45. The summed E-state index contributed by atoms with van der Waals surface area (Å²) < 4.78 is 54.6. The molecule has 0 aliphatic carbocycles. The van der Waals surface area contributed by atoms with Crippen LogP contribution in [-0.4, -0.2) is 52.5 Å². The first kappa shape index (κ1) is 31.8. The van der Waals surface area contributed by atoms with Crippen LogP contribution < -0.4 is 5.32 Å². The second-order valence-electron chi connectivity index (χ2n) is 12.9. The van der Waals surface area contributed by atoms with Crippen molar-refractivity contribution in [2.45, 2.75) is 70.2 Å². The summed E-state index contributed by atoms with van der Waals surface area (Å²) in [5.74, 6) is 1.18. The molecule has 0 aromatic carbocycles. The van der Waals surface area contributed by atoms with Crippen LogP contribution in [0.4, 0.5) is 10.2 Å². The number of pyridine rings is 3. The van der Waals surface area contributed by atoms with Crippen LogP contribution in [0.25, 0.3) is 32.0 Å². The highest BCUT2D eigenvalue weighted by atomic mass is 32.2. The van der Waals surface area contributed by atoms with Crippen molar-refractivity contribution >= 4 is 37.1 Å². The molecule has 246 valence electrons. The first-order chi connectivity index (χ1) is 22.6. The molecule has 7 rings (SSSR count). The fourth-order valence-corrected chi connectivity index (χ4v) is 10.1. The van der Waals surface area contributed by atoms with Gasteiger partial charge in [0.2, 0.25) is 11.8 Å². The number of rotatable bonds is 9. The molecule has 1 saturated heterocycles. The largest absolute Gasteiger partial charge is 0.421 e. The summed E-state index contributed by atoms with van der Waals surface area (Å²) in [5, 5.41) is 12.8. The lowest BCUT2D eigenvalue weighted by atomic mass is 9.89. The molecule has 0 saturated carbocycles. The summed E-state index contributed by atoms with van der Waals surface area (Å²) in [7, 11) is -3.70. The lowest BCUT2D eigenvalue weighted by Gasteiger charge is -2.23. The Bertz CT molecular complexity index is 2050. The maximum atomic E-state index is 14.1. The van der Waals surface area contributed by atoms with E-state index in [0.29, 0.717) is 46.4 Å². The third-order valence-electron chi connectivity index (χ3n) is 9.25. The molecule has 2 atom stereocenters. The van der Waals surface area contributed by atoms with Crippen LogP contribution in [0.5, 0.6) is 0 Å². The number of thiophene rings is 1. The van der Waals surface area contributed by atoms with Crippen molar-refractivity contribution in [1.29, 1.82) is 0 Å². The Morgan fingerprint density at radius 2 is 1.91 bits per heavy atom. The van der Waals surface area contributed by atoms with Crippen LogP contribution in [0.15, 0.2) is 46.1 Å². The zero-order valence-corrected chi connectivity index (χ0v) is 28.4. The molecule has 10 nitrogen and oxygen atoms in total. The number of nitrogens with zero attached hydrogens (tertiary/aromatic N) is 5. The molecule has 13 heteroatoms. The molecule has 2 aliphatic rings. The number of anilines is 1. The molecule has 2 aliphatic heterocycles. The van der Waals surface area contributed by atoms with E-state index >= 15 is 0 Å². The van der Waals surface area contributed by atoms with Crippen LogP contribution in [0, 0.1) is 24.6 Å². The van der Waals surface area contributed by atoms with Crippen molar-refractivity contribution in [2.24, 2.45) is 11.8 Å². The van der Waals surface area contributed by atoms with E-state index in [0.717, 1.165) is 53.1 Å². The number of halogens is 1. The number of hydrogen-bond acceptors (Lipinski definition) is 11. The summed E-state index contributed by atoms with van der Waals surface area (Å²) in [5.41, 5.74) is 3.23. The van der Waals surface area contributed by atoms with E-state index < -0.39 is 15.7 Å². The maximum absolute atomic E-state index is 14.1. The van der Waals surface area contributed by atoms with Crippen molar-refractivity contribution in [2.75, 3.05) is 24.3 Å². The van der Waals surface area contributed by atoms with Crippen LogP contribution in [0.2, 0.25) is 0 Å². The van der Waals surface area contributed by atoms with E-state index in [1.54, 1.807) is 19.3 Å². The van der Waals surface area contributed by atoms with Crippen LogP contribution >= 0.6 is 11.3 Å². The molecule has 7 heterocycles. The molecule has 0 bridgehead atoms. The van der Waals surface area contributed by atoms with Gasteiger partial charge in [0, 0.05) is 48.9 Å². The lowest BCUT2D eigenvalue weighted by Crippen LogP contribution is -2.17. The minimum absolute atomic E-state index is 0.00413. The predicted molar refractivity (Wildman–Crippen MR) is 179 cm³/mol. The second kappa shape index (κ2) is 12.7. The van der Waals surface area contributed by atoms with E-state index in [9.17, 15) is 12.8 Å². The summed E-state index contributed by atoms with van der Waals surface area (Å²) in [4.78, 5) is 14.8. The first-order valence-corrected chi connectivity index (χ1v) is 18.5. The molecule has 47 heavy (non-hydrogen) atoms. The fourth-order valence-electron chi connectivity index (χ4n) is 6.68. The highest BCUT2D eigenvalue weighted by Crippen LogP contribution is 2.51. The number of sulfone groups is 1. The maximum Gasteiger partial charge on any atom is 0.250 e. The summed E-state index contributed by atoms with van der Waals surface area (Å²) in [6.45, 7) is 9.23. The van der Waals surface area contributed by atoms with E-state index in [4.69, 9.17) is 14.1 Å². The van der Waals surface area contributed by atoms with Gasteiger partial charge in [0.1, 0.15) is 11.6 Å². The van der Waals surface area contributed by atoms with Crippen molar-refractivity contribution in [3.8, 4) is 21.9 Å². The van der Waals surface area contributed by atoms with Gasteiger partial charge in [-0.25, -0.2) is 17.8 Å². The van der Waals surface area contributed by atoms with Crippen molar-refractivity contribution < 1.29 is 22.0 Å². The number of ether oxygens (including phenoxy) is 1. The van der Waals surface area contributed by atoms with E-state index in [1.165, 1.54) is 23.6 Å². The minimum atomic E-state index is -3.70. The molecular formula is C34H37FN6O4S2. The molecule has 0 amide bonds. The monoisotopic (exact) mass is 676 g/mol. The number of aryl methyl sites for hydroxylation is 2. The van der Waals surface area contributed by atoms with Gasteiger partial charge in [-0.3, -0.25) is 9.97 Å². The highest BCUT2D eigenvalue weighted by Gasteiger charge is 2.43. The van der Waals surface area contributed by atoms with E-state index in [1.807, 2.05) is 32.9 Å². The second-order valence-corrected chi connectivity index (χ2v) is 15.9. The third-order valence-corrected chi connectivity index (χ3v) is 12.3. The molecule has 1 N–H and O–H groups in total. The quantitative estimate of drug-likeness (QED) is 0.169. The van der Waals surface area contributed by atoms with E-state index in [-0.39, 0.29) is 34.4 Å². The molecular weight excluding hydrogens is 640 g/mol. The fraction of sp³-hybridized carbons (Fsp3) is 0.441. The molecule has 5 aromatic rings. The average molecular weight is 677 g/mol. The Kier molecular flexibility index (Phi) is 8.56. The molecule has 5 aromatic heterocycles. The summed E-state index contributed by atoms with van der Waals surface area (Å²) in [6, 6.07) is 5.07. The zero-order chi connectivity index (χ0) is 32.9. The lowest BCUT2D eigenvalue weighted by molar-refractivity contribution is 0.0639. The number of fused-ring (bicyclic) bond motifs is 2. The number of aromatic nitrogens is 5. The van der Waals surface area contributed by atoms with Gasteiger partial charge < -0.3 is 14.5 Å². The van der Waals surface area contributed by atoms with Gasteiger partial charge >= 0.3 is 0 Å². The third kappa shape index (κ3) is 6.16. The minimum Gasteiger partial charge on any atom is -0.421 e. The average Bonchev–Trinajstić information content (AvgIpc) is 3.75. The van der Waals surface area contributed by atoms with Crippen LogP contribution in [0.3, 0.4) is 0 Å². The van der Waals surface area contributed by atoms with Gasteiger partial charge in [-0.15, -0.1) is 21.5 Å². The Morgan fingerprint density at radius 1 is 1.11 bits per heavy atom. The standard InChI is InChI=1S/C34H37FN6O4S2/c1-18(2)25-17-47(42,43)32-29(27-14-22-7-10-37-33(31(22)46-27)38-19(3)23-13-24(35)16-36-15-23)28(34-41-40-20(4)45-34)26(39-30(25)32)6-5-21-8-11-44-12-9-21/h7,10,13-16,18-19,21,25H,5-6,8-9,11-12,17H2,1-4H3,(H,37,38)/t19-,25?/m1/s1. The smallest absolute Gasteiger partial charge is 0.250 e. The van der Waals surface area contributed by atoms with Crippen molar-refractivity contribution in [3.63, 3.8) is 0 Å². The predicted octanol–water partition coefficient (Wildman–Crippen LogP) is 7.31. The highest BCUT2D eigenvalue weighted by molar-refractivity contribution is 7.92. The number of hydrogen-bond donors (Lipinski definition) is 1. The van der Waals surface area contributed by atoms with E-state index in [2.05, 4.69) is 25.5 Å².